The molecule has 366 valence electrons. The Hall–Kier alpha value is -4.10. The minimum Gasteiger partial charge on any atom is -0.505 e. The van der Waals surface area contributed by atoms with E-state index in [9.17, 15) is 39.6 Å². The average molecular weight is 1000 g/mol. The largest absolute Gasteiger partial charge is 0.505 e. The minimum absolute atomic E-state index is 0.00628. The summed E-state index contributed by atoms with van der Waals surface area (Å²) in [5, 5.41) is 44.3. The summed E-state index contributed by atoms with van der Waals surface area (Å²) in [6.45, 7) is 8.74. The number of benzene rings is 1. The summed E-state index contributed by atoms with van der Waals surface area (Å²) in [5.41, 5.74) is -1.75. The lowest BCUT2D eigenvalue weighted by Crippen LogP contribution is -2.56. The first kappa shape index (κ1) is 49.3. The van der Waals surface area contributed by atoms with Crippen molar-refractivity contribution >= 4 is 39.8 Å². The molecule has 17 heteroatoms. The average Bonchev–Trinajstić information content (AvgIpc) is 3.50. The third-order valence-corrected chi connectivity index (χ3v) is 16.3. The number of aliphatic hydroxyl groups excluding tert-OH is 3. The van der Waals surface area contributed by atoms with Gasteiger partial charge in [0.2, 0.25) is 0 Å². The molecule has 1 saturated carbocycles. The number of halogens is 1. The molecular weight excluding hydrogens is 936 g/mol. The molecule has 4 N–H and O–H groups in total. The number of esters is 3. The van der Waals surface area contributed by atoms with E-state index in [1.807, 2.05) is 13.0 Å². The van der Waals surface area contributed by atoms with Gasteiger partial charge in [0.1, 0.15) is 29.6 Å². The molecule has 3 aliphatic carbocycles. The Morgan fingerprint density at radius 3 is 2.39 bits per heavy atom. The second-order valence-electron chi connectivity index (χ2n) is 19.5. The number of methoxy groups -OCH3 is 1. The molecule has 1 aromatic carbocycles. The van der Waals surface area contributed by atoms with Crippen molar-refractivity contribution in [2.24, 2.45) is 35.0 Å². The van der Waals surface area contributed by atoms with Crippen molar-refractivity contribution in [1.82, 2.24) is 0 Å². The van der Waals surface area contributed by atoms with Crippen LogP contribution in [0.2, 0.25) is 0 Å². The monoisotopic (exact) mass is 998 g/mol. The lowest BCUT2D eigenvalue weighted by molar-refractivity contribution is -0.318. The van der Waals surface area contributed by atoms with Gasteiger partial charge in [-0.1, -0.05) is 66.1 Å². The first-order valence-electron chi connectivity index (χ1n) is 23.6. The molecule has 16 atom stereocenters. The highest BCUT2D eigenvalue weighted by Gasteiger charge is 2.60. The van der Waals surface area contributed by atoms with Gasteiger partial charge in [-0.3, -0.25) is 4.79 Å². The predicted octanol–water partition coefficient (Wildman–Crippen LogP) is 7.07. The van der Waals surface area contributed by atoms with Crippen LogP contribution in [0.5, 0.6) is 5.75 Å². The summed E-state index contributed by atoms with van der Waals surface area (Å²) in [6.07, 6.45) is 6.73. The number of ether oxygens (including phenoxy) is 8. The number of fused-ring (bicyclic) bond motifs is 3. The summed E-state index contributed by atoms with van der Waals surface area (Å²) < 4.78 is 49.3. The number of hydrogen-bond acceptors (Lipinski definition) is 15. The molecule has 7 aliphatic rings. The molecule has 2 saturated heterocycles. The zero-order valence-electron chi connectivity index (χ0n) is 38.8. The standard InChI is InChI=1S/C50H63BrO16/c1-24-23-50-29(20-31(24)45(55)56)13-10-8-7-9-12-28-16-17-30-32(49(28,5)48(59)66-43(44(50)54)47(58)67-50)14-11-15-35(30)63-38-21-34(52)42(27(4)62-38)65-39-22-37(41(53)26(3)61-39)64-46(57)40-25(2)33(51)18-19-36(40)60-6/h10,13,16-20,24,26-30,32,34-35,37-39,41-42,52-54H,7-9,11-12,14-15,21-23H2,1-6H3,(H,55,56). The molecule has 4 heterocycles. The first-order valence-corrected chi connectivity index (χ1v) is 24.4. The molecule has 1 spiro atoms. The molecule has 0 aromatic heterocycles. The third-order valence-electron chi connectivity index (χ3n) is 15.5. The van der Waals surface area contributed by atoms with Crippen LogP contribution in [0.15, 0.2) is 64.1 Å². The van der Waals surface area contributed by atoms with Crippen LogP contribution in [0.3, 0.4) is 0 Å². The highest BCUT2D eigenvalue weighted by atomic mass is 79.9. The van der Waals surface area contributed by atoms with Gasteiger partial charge in [0.25, 0.3) is 5.76 Å². The van der Waals surface area contributed by atoms with Gasteiger partial charge in [-0.15, -0.1) is 0 Å². The molecule has 8 rings (SSSR count). The summed E-state index contributed by atoms with van der Waals surface area (Å²) in [7, 11) is 1.46. The Bertz CT molecular complexity index is 2210. The van der Waals surface area contributed by atoms with E-state index < -0.39 is 114 Å². The van der Waals surface area contributed by atoms with Crippen molar-refractivity contribution in [1.29, 1.82) is 0 Å². The van der Waals surface area contributed by atoms with Crippen molar-refractivity contribution in [3.05, 3.63) is 75.2 Å². The molecule has 1 aromatic rings. The van der Waals surface area contributed by atoms with Gasteiger partial charge in [-0.05, 0) is 95.2 Å². The Morgan fingerprint density at radius 2 is 1.66 bits per heavy atom. The van der Waals surface area contributed by atoms with E-state index in [4.69, 9.17) is 37.9 Å². The lowest BCUT2D eigenvalue weighted by atomic mass is 9.55. The van der Waals surface area contributed by atoms with Crippen molar-refractivity contribution in [3.63, 3.8) is 0 Å². The smallest absolute Gasteiger partial charge is 0.379 e. The second-order valence-corrected chi connectivity index (χ2v) is 20.4. The van der Waals surface area contributed by atoms with Gasteiger partial charge >= 0.3 is 23.9 Å². The van der Waals surface area contributed by atoms with E-state index in [0.717, 1.165) is 19.3 Å². The number of aliphatic hydroxyl groups is 3. The maximum absolute atomic E-state index is 14.8. The Morgan fingerprint density at radius 1 is 0.910 bits per heavy atom. The van der Waals surface area contributed by atoms with Crippen LogP contribution in [-0.4, -0.2) is 112 Å². The molecule has 16 unspecified atom stereocenters. The first-order chi connectivity index (χ1) is 31.9. The number of carbonyl (C=O) groups excluding carboxylic acids is 3. The number of aliphatic carboxylic acids is 1. The van der Waals surface area contributed by atoms with Gasteiger partial charge in [-0.2, -0.15) is 0 Å². The molecular formula is C50H63BrO16. The van der Waals surface area contributed by atoms with Crippen LogP contribution >= 0.6 is 15.9 Å². The third kappa shape index (κ3) is 9.26. The number of rotatable bonds is 8. The van der Waals surface area contributed by atoms with Crippen molar-refractivity contribution < 1.29 is 77.5 Å². The maximum atomic E-state index is 14.8. The normalized spacial score (nSPS) is 40.0. The molecule has 16 nitrogen and oxygen atoms in total. The lowest BCUT2D eigenvalue weighted by Gasteiger charge is -2.51. The Kier molecular flexibility index (Phi) is 14.5. The van der Waals surface area contributed by atoms with Crippen LogP contribution < -0.4 is 4.74 Å². The number of hydrogen-bond donors (Lipinski definition) is 4. The van der Waals surface area contributed by atoms with Gasteiger partial charge in [0.05, 0.1) is 36.9 Å². The van der Waals surface area contributed by atoms with Crippen LogP contribution in [0.1, 0.15) is 108 Å². The number of carbonyl (C=O) groups is 4. The van der Waals surface area contributed by atoms with E-state index in [-0.39, 0.29) is 48.2 Å². The molecule has 0 radical (unpaired) electrons. The number of carboxylic acid groups (broad SMARTS) is 1. The van der Waals surface area contributed by atoms with Crippen LogP contribution in [0.25, 0.3) is 0 Å². The van der Waals surface area contributed by atoms with Crippen molar-refractivity contribution in [2.45, 2.75) is 160 Å². The summed E-state index contributed by atoms with van der Waals surface area (Å²) >= 11 is 3.45. The van der Waals surface area contributed by atoms with Crippen LogP contribution in [-0.2, 0) is 47.5 Å². The Balaban J connectivity index is 0.952. The molecule has 2 bridgehead atoms. The van der Waals surface area contributed by atoms with E-state index in [1.54, 1.807) is 45.9 Å². The zero-order valence-corrected chi connectivity index (χ0v) is 40.3. The van der Waals surface area contributed by atoms with E-state index in [0.29, 0.717) is 41.5 Å². The molecule has 4 aliphatic heterocycles. The number of carboxylic acids is 1. The molecule has 67 heavy (non-hydrogen) atoms. The van der Waals surface area contributed by atoms with E-state index in [2.05, 4.69) is 28.1 Å². The highest BCUT2D eigenvalue weighted by Crippen LogP contribution is 2.55. The molecule has 3 fully saturated rings. The van der Waals surface area contributed by atoms with Gasteiger partial charge in [-0.25, -0.2) is 14.4 Å². The molecule has 0 amide bonds. The van der Waals surface area contributed by atoms with Crippen molar-refractivity contribution in [2.75, 3.05) is 7.11 Å². The quantitative estimate of drug-likeness (QED) is 0.116. The minimum atomic E-state index is -1.62. The maximum Gasteiger partial charge on any atom is 0.379 e. The SMILES string of the molecule is COc1ccc(Br)c(C)c1C(=O)OC1CC(OC2C(O)CC(OC3CCCC4C3C=CC3CCCCC=CC5C=C(C(=O)O)C(C)CC56OC(=O)C(=C6O)OC(=O)C34C)OC2C)OC(C)C1O. The fraction of sp³-hybridized carbons (Fsp3) is 0.640. The zero-order chi connectivity index (χ0) is 48.1. The van der Waals surface area contributed by atoms with Crippen molar-refractivity contribution in [3.8, 4) is 5.75 Å². The highest BCUT2D eigenvalue weighted by molar-refractivity contribution is 9.10. The summed E-state index contributed by atoms with van der Waals surface area (Å²) in [6, 6.07) is 3.42. The Labute approximate surface area is 398 Å². The number of allylic oxidation sites excluding steroid dienone is 2. The van der Waals surface area contributed by atoms with E-state index >= 15 is 0 Å². The summed E-state index contributed by atoms with van der Waals surface area (Å²) in [4.78, 5) is 54.0. The second kappa shape index (κ2) is 19.7. The van der Waals surface area contributed by atoms with Gasteiger partial charge in [0, 0.05) is 41.1 Å². The topological polar surface area (TPSA) is 223 Å². The van der Waals surface area contributed by atoms with Gasteiger partial charge < -0.3 is 58.3 Å². The summed E-state index contributed by atoms with van der Waals surface area (Å²) in [5.74, 6) is -6.30. The van der Waals surface area contributed by atoms with Gasteiger partial charge in [0.15, 0.2) is 23.9 Å². The van der Waals surface area contributed by atoms with E-state index in [1.165, 1.54) is 13.2 Å². The van der Waals surface area contributed by atoms with Crippen LogP contribution in [0.4, 0.5) is 0 Å². The fourth-order valence-corrected chi connectivity index (χ4v) is 12.0. The van der Waals surface area contributed by atoms with Crippen LogP contribution in [0, 0.1) is 41.9 Å². The fourth-order valence-electron chi connectivity index (χ4n) is 11.7. The predicted molar refractivity (Wildman–Crippen MR) is 241 cm³/mol.